The number of rotatable bonds is 17. The number of fused-ring (bicyclic) bond motifs is 2. The number of halogens is 1. The molecule has 0 saturated carbocycles. The van der Waals surface area contributed by atoms with Crippen LogP contribution in [0.3, 0.4) is 0 Å². The highest BCUT2D eigenvalue weighted by atomic mass is 79.9. The third kappa shape index (κ3) is 7.40. The number of likely N-dealkylation sites (tertiary alicyclic amines) is 1. The maximum Gasteiger partial charge on any atom is 0.313 e. The molecule has 13 nitrogen and oxygen atoms in total. The van der Waals surface area contributed by atoms with Gasteiger partial charge in [-0.15, -0.1) is 18.3 Å². The average Bonchev–Trinajstić information content (AvgIpc) is 3.94. The number of alkyl halides is 1. The van der Waals surface area contributed by atoms with E-state index in [0.29, 0.717) is 23.0 Å². The van der Waals surface area contributed by atoms with Crippen LogP contribution in [0.5, 0.6) is 0 Å². The number of aliphatic hydroxyl groups is 1. The summed E-state index contributed by atoms with van der Waals surface area (Å²) in [6, 6.07) is 23.8. The number of benzene rings is 3. The molecule has 7 rings (SSSR count). The fraction of sp³-hybridized carbons (Fsp3) is 0.381. The average molecular weight is 826 g/mol. The van der Waals surface area contributed by atoms with Crippen molar-refractivity contribution in [3.63, 3.8) is 0 Å². The van der Waals surface area contributed by atoms with Crippen LogP contribution in [0.4, 0.5) is 0 Å². The van der Waals surface area contributed by atoms with Crippen LogP contribution >= 0.6 is 15.9 Å². The number of hydrogen-bond donors (Lipinski definition) is 2. The molecule has 0 aliphatic carbocycles. The van der Waals surface area contributed by atoms with E-state index in [1.54, 1.807) is 33.9 Å². The number of nitrogens with one attached hydrogen (secondary N) is 1. The van der Waals surface area contributed by atoms with E-state index >= 15 is 9.59 Å². The van der Waals surface area contributed by atoms with Gasteiger partial charge >= 0.3 is 5.97 Å². The van der Waals surface area contributed by atoms with E-state index in [1.165, 1.54) is 4.90 Å². The summed E-state index contributed by atoms with van der Waals surface area (Å²) in [7, 11) is 0. The lowest BCUT2D eigenvalue weighted by Crippen LogP contribution is -2.59. The number of aliphatic hydroxyl groups excluding tert-OH is 1. The maximum absolute atomic E-state index is 15.2. The van der Waals surface area contributed by atoms with Gasteiger partial charge in [-0.05, 0) is 42.5 Å². The largest absolute Gasteiger partial charge is 0.455 e. The van der Waals surface area contributed by atoms with Gasteiger partial charge < -0.3 is 29.7 Å². The van der Waals surface area contributed by atoms with Crippen LogP contribution in [0.1, 0.15) is 36.5 Å². The van der Waals surface area contributed by atoms with E-state index in [-0.39, 0.29) is 44.9 Å². The van der Waals surface area contributed by atoms with Gasteiger partial charge in [0.05, 0.1) is 42.6 Å². The van der Waals surface area contributed by atoms with Crippen LogP contribution in [0, 0.1) is 11.8 Å². The molecule has 56 heavy (non-hydrogen) atoms. The quantitative estimate of drug-likeness (QED) is 0.0909. The van der Waals surface area contributed by atoms with Gasteiger partial charge in [-0.25, -0.2) is 4.68 Å². The summed E-state index contributed by atoms with van der Waals surface area (Å²) in [6.07, 6.45) is 2.84. The molecular weight excluding hydrogens is 780 g/mol. The molecule has 3 aromatic carbocycles. The van der Waals surface area contributed by atoms with Crippen molar-refractivity contribution >= 4 is 50.7 Å². The number of carbonyl (C=O) groups excluding carboxylic acids is 4. The Bertz CT molecular complexity index is 2080. The van der Waals surface area contributed by atoms with Crippen LogP contribution in [0.15, 0.2) is 110 Å². The van der Waals surface area contributed by atoms with Crippen molar-refractivity contribution in [1.29, 1.82) is 0 Å². The predicted octanol–water partition coefficient (Wildman–Crippen LogP) is 4.12. The topological polar surface area (TPSA) is 156 Å². The number of nitrogens with zero attached hydrogens (tertiary/aromatic N) is 5. The summed E-state index contributed by atoms with van der Waals surface area (Å²) in [4.78, 5) is 60.0. The molecule has 4 aromatic rings. The van der Waals surface area contributed by atoms with Crippen molar-refractivity contribution in [1.82, 2.24) is 30.1 Å². The van der Waals surface area contributed by atoms with Gasteiger partial charge in [0, 0.05) is 17.8 Å². The molecule has 2 bridgehead atoms. The zero-order valence-electron chi connectivity index (χ0n) is 30.9. The Balaban J connectivity index is 1.25. The van der Waals surface area contributed by atoms with Crippen LogP contribution in [0.25, 0.3) is 11.0 Å². The minimum absolute atomic E-state index is 0.00294. The minimum atomic E-state index is -1.44. The monoisotopic (exact) mass is 824 g/mol. The number of para-hydroxylation sites is 1. The molecule has 2 N–H and O–H groups in total. The Morgan fingerprint density at radius 3 is 2.48 bits per heavy atom. The molecule has 0 radical (unpaired) electrons. The second-order valence-electron chi connectivity index (χ2n) is 14.5. The first-order valence-corrected chi connectivity index (χ1v) is 19.7. The van der Waals surface area contributed by atoms with Gasteiger partial charge in [0.25, 0.3) is 0 Å². The molecule has 14 heteroatoms. The first-order chi connectivity index (χ1) is 27.2. The lowest BCUT2D eigenvalue weighted by atomic mass is 9.70. The van der Waals surface area contributed by atoms with Gasteiger partial charge in [-0.3, -0.25) is 19.2 Å². The van der Waals surface area contributed by atoms with Crippen molar-refractivity contribution in [2.75, 3.05) is 19.7 Å². The van der Waals surface area contributed by atoms with E-state index in [0.717, 1.165) is 5.56 Å². The molecule has 3 fully saturated rings. The summed E-state index contributed by atoms with van der Waals surface area (Å²) >= 11 is 3.75. The smallest absolute Gasteiger partial charge is 0.313 e. The van der Waals surface area contributed by atoms with Gasteiger partial charge in [0.1, 0.15) is 29.9 Å². The Kier molecular flexibility index (Phi) is 11.8. The maximum atomic E-state index is 15.2. The van der Waals surface area contributed by atoms with Crippen LogP contribution < -0.4 is 5.32 Å². The van der Waals surface area contributed by atoms with Crippen LogP contribution in [-0.4, -0.2) is 102 Å². The molecule has 3 amide bonds. The predicted molar refractivity (Wildman–Crippen MR) is 211 cm³/mol. The summed E-state index contributed by atoms with van der Waals surface area (Å²) in [5, 5.41) is 22.4. The molecule has 1 aromatic heterocycles. The lowest BCUT2D eigenvalue weighted by Gasteiger charge is -2.39. The molecule has 3 aliphatic heterocycles. The zero-order valence-corrected chi connectivity index (χ0v) is 32.4. The fourth-order valence-electron chi connectivity index (χ4n) is 8.52. The highest BCUT2D eigenvalue weighted by molar-refractivity contribution is 9.09. The second-order valence-corrected chi connectivity index (χ2v) is 15.6. The van der Waals surface area contributed by atoms with E-state index in [1.807, 2.05) is 72.8 Å². The minimum Gasteiger partial charge on any atom is -0.455 e. The Labute approximate surface area is 333 Å². The van der Waals surface area contributed by atoms with Crippen molar-refractivity contribution < 1.29 is 33.8 Å². The van der Waals surface area contributed by atoms with Crippen LogP contribution in [-0.2, 0) is 41.7 Å². The van der Waals surface area contributed by atoms with Crippen LogP contribution in [0.2, 0.25) is 0 Å². The van der Waals surface area contributed by atoms with Crippen molar-refractivity contribution in [3.05, 3.63) is 121 Å². The molecule has 1 spiro atoms. The number of amides is 3. The third-order valence-corrected chi connectivity index (χ3v) is 11.9. The normalized spacial score (nSPS) is 24.7. The van der Waals surface area contributed by atoms with Crippen molar-refractivity contribution in [2.45, 2.75) is 67.1 Å². The highest BCUT2D eigenvalue weighted by Crippen LogP contribution is 2.61. The van der Waals surface area contributed by atoms with Crippen molar-refractivity contribution in [2.24, 2.45) is 11.8 Å². The summed E-state index contributed by atoms with van der Waals surface area (Å²) in [6.45, 7) is 7.25. The van der Waals surface area contributed by atoms with E-state index in [9.17, 15) is 14.7 Å². The van der Waals surface area contributed by atoms with Gasteiger partial charge in [-0.2, -0.15) is 0 Å². The number of hydrogen-bond acceptors (Lipinski definition) is 9. The van der Waals surface area contributed by atoms with Gasteiger partial charge in [-0.1, -0.05) is 106 Å². The molecule has 3 saturated heterocycles. The summed E-state index contributed by atoms with van der Waals surface area (Å²) < 4.78 is 14.6. The first-order valence-electron chi connectivity index (χ1n) is 18.8. The SMILES string of the molecule is C=CCCC(=O)NC[C@@H](OC(=O)[C@@H]1[C@H]2O[C@@]3(CC2Br)[C@H](C(=O)N(CC=C)Cn2nnc4ccccc42)N([C@@H](CO)Cc2ccccc2)C(=O)[C@@H]13)c1ccccc1. The Hall–Kier alpha value is -5.18. The summed E-state index contributed by atoms with van der Waals surface area (Å²) in [5.41, 5.74) is 1.46. The van der Waals surface area contributed by atoms with Gasteiger partial charge in [0.15, 0.2) is 0 Å². The molecule has 1 unspecified atom stereocenters. The lowest BCUT2D eigenvalue weighted by molar-refractivity contribution is -0.161. The van der Waals surface area contributed by atoms with E-state index in [2.05, 4.69) is 44.7 Å². The Morgan fingerprint density at radius 1 is 1.05 bits per heavy atom. The number of carbonyl (C=O) groups is 4. The molecular formula is C42H45BrN6O7. The molecule has 3 aliphatic rings. The van der Waals surface area contributed by atoms with E-state index < -0.39 is 70.9 Å². The standard InChI is InChI=1S/C42H45BrN6O7/c1-3-5-20-34(51)44-24-33(28-16-10-7-11-17-28)55-41(54)35-36-39(52)49(29(25-50)22-27-14-8-6-9-15-27)38(42(36)23-30(43)37(35)56-42)40(53)47(21-4-2)26-48-32-19-13-12-18-31(32)45-46-48/h3-4,6-19,29-30,33,35-38,50H,1-2,5,20-26H2,(H,44,51)/t29-,30?,33-,35+,36-,37+,38+,42-/m1/s1. The highest BCUT2D eigenvalue weighted by Gasteiger charge is 2.77. The first kappa shape index (κ1) is 39.1. The van der Waals surface area contributed by atoms with E-state index in [4.69, 9.17) is 9.47 Å². The fourth-order valence-corrected chi connectivity index (χ4v) is 9.46. The molecule has 4 heterocycles. The number of allylic oxidation sites excluding steroid dienone is 1. The van der Waals surface area contributed by atoms with Gasteiger partial charge in [0.2, 0.25) is 17.7 Å². The number of aromatic nitrogens is 3. The van der Waals surface area contributed by atoms with Crippen molar-refractivity contribution in [3.8, 4) is 0 Å². The molecule has 8 atom stereocenters. The third-order valence-electron chi connectivity index (χ3n) is 11.0. The summed E-state index contributed by atoms with van der Waals surface area (Å²) in [5.74, 6) is -3.99. The second kappa shape index (κ2) is 16.9. The molecule has 292 valence electrons. The number of esters is 1. The number of ether oxygens (including phenoxy) is 2. The zero-order chi connectivity index (χ0) is 39.4. The Morgan fingerprint density at radius 2 is 1.77 bits per heavy atom.